The van der Waals surface area contributed by atoms with E-state index in [1.54, 1.807) is 11.3 Å². The molecule has 0 bridgehead atoms. The van der Waals surface area contributed by atoms with E-state index in [2.05, 4.69) is 15.3 Å². The average Bonchev–Trinajstić information content (AvgIpc) is 2.51. The molecule has 0 unspecified atom stereocenters. The smallest absolute Gasteiger partial charge is 0.225 e. The van der Waals surface area contributed by atoms with Crippen molar-refractivity contribution in [1.82, 2.24) is 9.97 Å². The van der Waals surface area contributed by atoms with Gasteiger partial charge in [-0.25, -0.2) is 9.97 Å². The summed E-state index contributed by atoms with van der Waals surface area (Å²) in [6.07, 6.45) is 0. The highest BCUT2D eigenvalue weighted by molar-refractivity contribution is 7.18. The van der Waals surface area contributed by atoms with Crippen molar-refractivity contribution in [2.45, 2.75) is 13.8 Å². The van der Waals surface area contributed by atoms with Crippen LogP contribution in [0.15, 0.2) is 0 Å². The normalized spacial score (nSPS) is 11.0. The molecule has 0 saturated carbocycles. The number of hydrogen-bond acceptors (Lipinski definition) is 5. The van der Waals surface area contributed by atoms with E-state index in [0.29, 0.717) is 12.4 Å². The Bertz CT molecular complexity index is 526. The van der Waals surface area contributed by atoms with Gasteiger partial charge < -0.3 is 10.4 Å². The van der Waals surface area contributed by atoms with Gasteiger partial charge in [-0.2, -0.15) is 0 Å². The third-order valence-electron chi connectivity index (χ3n) is 2.41. The van der Waals surface area contributed by atoms with Crippen LogP contribution in [0.5, 0.6) is 0 Å². The maximum absolute atomic E-state index is 8.81. The first-order valence-electron chi connectivity index (χ1n) is 4.91. The lowest BCUT2D eigenvalue weighted by atomic mass is 10.2. The van der Waals surface area contributed by atoms with Gasteiger partial charge in [0.2, 0.25) is 5.28 Å². The topological polar surface area (TPSA) is 58.0 Å². The van der Waals surface area contributed by atoms with Gasteiger partial charge in [-0.1, -0.05) is 0 Å². The Morgan fingerprint density at radius 3 is 2.81 bits per heavy atom. The summed E-state index contributed by atoms with van der Waals surface area (Å²) in [6.45, 7) is 4.60. The van der Waals surface area contributed by atoms with Gasteiger partial charge in [0, 0.05) is 11.4 Å². The van der Waals surface area contributed by atoms with Gasteiger partial charge in [0.05, 0.1) is 12.0 Å². The molecule has 2 heterocycles. The van der Waals surface area contributed by atoms with Gasteiger partial charge in [-0.15, -0.1) is 11.3 Å². The maximum Gasteiger partial charge on any atom is 0.225 e. The van der Waals surface area contributed by atoms with Crippen LogP contribution < -0.4 is 5.32 Å². The lowest BCUT2D eigenvalue weighted by Gasteiger charge is -2.05. The summed E-state index contributed by atoms with van der Waals surface area (Å²) in [4.78, 5) is 10.4. The molecule has 86 valence electrons. The maximum atomic E-state index is 8.81. The van der Waals surface area contributed by atoms with Crippen molar-refractivity contribution >= 4 is 39.0 Å². The highest BCUT2D eigenvalue weighted by atomic mass is 35.5. The van der Waals surface area contributed by atoms with E-state index in [4.69, 9.17) is 16.7 Å². The molecule has 0 atom stereocenters. The predicted octanol–water partition coefficient (Wildman–Crippen LogP) is 2.37. The SMILES string of the molecule is Cc1sc2nc(Cl)nc(NCCO)c2c1C. The molecule has 0 amide bonds. The van der Waals surface area contributed by atoms with Crippen molar-refractivity contribution in [2.75, 3.05) is 18.5 Å². The number of halogens is 1. The molecule has 0 fully saturated rings. The van der Waals surface area contributed by atoms with Gasteiger partial charge in [0.15, 0.2) is 0 Å². The number of nitrogens with zero attached hydrogens (tertiary/aromatic N) is 2. The molecule has 0 aliphatic rings. The number of fused-ring (bicyclic) bond motifs is 1. The Hall–Kier alpha value is -0.910. The molecule has 0 saturated heterocycles. The Morgan fingerprint density at radius 1 is 1.38 bits per heavy atom. The lowest BCUT2D eigenvalue weighted by Crippen LogP contribution is -2.07. The number of aromatic nitrogens is 2. The van der Waals surface area contributed by atoms with Crippen LogP contribution in [0, 0.1) is 13.8 Å². The van der Waals surface area contributed by atoms with Gasteiger partial charge in [0.1, 0.15) is 10.6 Å². The molecule has 2 N–H and O–H groups in total. The van der Waals surface area contributed by atoms with Crippen LogP contribution in [0.25, 0.3) is 10.2 Å². The second-order valence-electron chi connectivity index (χ2n) is 3.46. The van der Waals surface area contributed by atoms with Gasteiger partial charge in [0.25, 0.3) is 0 Å². The molecular weight excluding hydrogens is 246 g/mol. The molecule has 0 aliphatic heterocycles. The van der Waals surface area contributed by atoms with E-state index in [1.165, 1.54) is 4.88 Å². The Labute approximate surface area is 102 Å². The summed E-state index contributed by atoms with van der Waals surface area (Å²) >= 11 is 7.45. The van der Waals surface area contributed by atoms with E-state index in [9.17, 15) is 0 Å². The molecular formula is C10H12ClN3OS. The van der Waals surface area contributed by atoms with E-state index < -0.39 is 0 Å². The van der Waals surface area contributed by atoms with Crippen LogP contribution in [0.2, 0.25) is 5.28 Å². The molecule has 2 aromatic heterocycles. The third-order valence-corrected chi connectivity index (χ3v) is 3.68. The van der Waals surface area contributed by atoms with Gasteiger partial charge in [-0.05, 0) is 31.0 Å². The zero-order valence-corrected chi connectivity index (χ0v) is 10.6. The van der Waals surface area contributed by atoms with Gasteiger partial charge in [-0.3, -0.25) is 0 Å². The number of rotatable bonds is 3. The number of aliphatic hydroxyl groups excluding tert-OH is 1. The molecule has 0 spiro atoms. The fraction of sp³-hybridized carbons (Fsp3) is 0.400. The van der Waals surface area contributed by atoms with Crippen LogP contribution in [0.1, 0.15) is 10.4 Å². The predicted molar refractivity (Wildman–Crippen MR) is 67.5 cm³/mol. The molecule has 6 heteroatoms. The summed E-state index contributed by atoms with van der Waals surface area (Å²) < 4.78 is 0. The lowest BCUT2D eigenvalue weighted by molar-refractivity contribution is 0.311. The third kappa shape index (κ3) is 1.98. The Kier molecular flexibility index (Phi) is 3.28. The number of aryl methyl sites for hydroxylation is 2. The summed E-state index contributed by atoms with van der Waals surface area (Å²) in [5, 5.41) is 13.1. The number of hydrogen-bond donors (Lipinski definition) is 2. The van der Waals surface area contributed by atoms with Crippen molar-refractivity contribution in [2.24, 2.45) is 0 Å². The standard InChI is InChI=1S/C10H12ClN3OS/c1-5-6(2)16-9-7(5)8(12-3-4-15)13-10(11)14-9/h15H,3-4H2,1-2H3,(H,12,13,14). The summed E-state index contributed by atoms with van der Waals surface area (Å²) in [7, 11) is 0. The summed E-state index contributed by atoms with van der Waals surface area (Å²) in [5.41, 5.74) is 1.16. The largest absolute Gasteiger partial charge is 0.395 e. The number of nitrogens with one attached hydrogen (secondary N) is 1. The summed E-state index contributed by atoms with van der Waals surface area (Å²) in [6, 6.07) is 0. The molecule has 0 aliphatic carbocycles. The van der Waals surface area contributed by atoms with E-state index in [1.807, 2.05) is 13.8 Å². The zero-order valence-electron chi connectivity index (χ0n) is 9.04. The van der Waals surface area contributed by atoms with Crippen molar-refractivity contribution < 1.29 is 5.11 Å². The van der Waals surface area contributed by atoms with Crippen molar-refractivity contribution in [3.8, 4) is 0 Å². The van der Waals surface area contributed by atoms with E-state index in [-0.39, 0.29) is 11.9 Å². The minimum absolute atomic E-state index is 0.0608. The number of thiophene rings is 1. The van der Waals surface area contributed by atoms with Crippen LogP contribution >= 0.6 is 22.9 Å². The van der Waals surface area contributed by atoms with Crippen molar-refractivity contribution in [3.63, 3.8) is 0 Å². The first-order valence-corrected chi connectivity index (χ1v) is 6.11. The molecule has 0 radical (unpaired) electrons. The fourth-order valence-electron chi connectivity index (χ4n) is 1.53. The van der Waals surface area contributed by atoms with Crippen LogP contribution in [-0.4, -0.2) is 28.2 Å². The second kappa shape index (κ2) is 4.53. The van der Waals surface area contributed by atoms with Crippen molar-refractivity contribution in [3.05, 3.63) is 15.7 Å². The first-order chi connectivity index (χ1) is 7.63. The van der Waals surface area contributed by atoms with Crippen LogP contribution in [0.3, 0.4) is 0 Å². The zero-order chi connectivity index (χ0) is 11.7. The molecule has 2 rings (SSSR count). The first kappa shape index (κ1) is 11.6. The van der Waals surface area contributed by atoms with E-state index >= 15 is 0 Å². The summed E-state index contributed by atoms with van der Waals surface area (Å²) in [5.74, 6) is 0.700. The van der Waals surface area contributed by atoms with Crippen LogP contribution in [-0.2, 0) is 0 Å². The van der Waals surface area contributed by atoms with Crippen molar-refractivity contribution in [1.29, 1.82) is 0 Å². The monoisotopic (exact) mass is 257 g/mol. The molecule has 4 nitrogen and oxygen atoms in total. The fourth-order valence-corrected chi connectivity index (χ4v) is 2.77. The molecule has 16 heavy (non-hydrogen) atoms. The number of aliphatic hydroxyl groups is 1. The van der Waals surface area contributed by atoms with E-state index in [0.717, 1.165) is 15.8 Å². The minimum Gasteiger partial charge on any atom is -0.395 e. The van der Waals surface area contributed by atoms with Gasteiger partial charge >= 0.3 is 0 Å². The molecule has 0 aromatic carbocycles. The quantitative estimate of drug-likeness (QED) is 0.829. The van der Waals surface area contributed by atoms with Crippen LogP contribution in [0.4, 0.5) is 5.82 Å². The Morgan fingerprint density at radius 2 is 2.12 bits per heavy atom. The second-order valence-corrected chi connectivity index (χ2v) is 5.00. The minimum atomic E-state index is 0.0608. The Balaban J connectivity index is 2.60. The average molecular weight is 258 g/mol. The molecule has 2 aromatic rings. The highest BCUT2D eigenvalue weighted by Gasteiger charge is 2.13. The number of anilines is 1. The highest BCUT2D eigenvalue weighted by Crippen LogP contribution is 2.33.